The molecule has 2 N–H and O–H groups in total. The summed E-state index contributed by atoms with van der Waals surface area (Å²) in [6, 6.07) is 5.71. The molecule has 116 valence electrons. The molecule has 1 aromatic carbocycles. The molecule has 1 aliphatic rings. The molecule has 0 bridgehead atoms. The summed E-state index contributed by atoms with van der Waals surface area (Å²) in [5.74, 6) is 0.938. The third-order valence-corrected chi connectivity index (χ3v) is 4.38. The zero-order chi connectivity index (χ0) is 15.4. The Morgan fingerprint density at radius 2 is 2.10 bits per heavy atom. The van der Waals surface area contributed by atoms with Gasteiger partial charge in [0, 0.05) is 19.0 Å². The second-order valence-electron chi connectivity index (χ2n) is 5.53. The van der Waals surface area contributed by atoms with Gasteiger partial charge in [-0.25, -0.2) is 0 Å². The number of phenolic OH excluding ortho intramolecular Hbond substituents is 1. The van der Waals surface area contributed by atoms with Crippen LogP contribution in [0, 0.1) is 5.92 Å². The van der Waals surface area contributed by atoms with Gasteiger partial charge in [-0.1, -0.05) is 6.07 Å². The Kier molecular flexibility index (Phi) is 5.07. The van der Waals surface area contributed by atoms with Crippen LogP contribution in [0.1, 0.15) is 31.4 Å². The van der Waals surface area contributed by atoms with Gasteiger partial charge in [-0.2, -0.15) is 0 Å². The molecule has 2 rings (SSSR count). The van der Waals surface area contributed by atoms with E-state index in [2.05, 4.69) is 17.1 Å². The van der Waals surface area contributed by atoms with Crippen molar-refractivity contribution in [1.29, 1.82) is 0 Å². The number of likely N-dealkylation sites (tertiary alicyclic amines) is 1. The topological polar surface area (TPSA) is 61.8 Å². The van der Waals surface area contributed by atoms with Crippen molar-refractivity contribution >= 4 is 5.91 Å². The Labute approximate surface area is 125 Å². The summed E-state index contributed by atoms with van der Waals surface area (Å²) in [5, 5.41) is 12.4. The van der Waals surface area contributed by atoms with Gasteiger partial charge < -0.3 is 15.2 Å². The standard InChI is InChI=1S/C16H24N2O3/c1-11(13-4-5-14(19)15(10-13)21-3)18-8-6-12(7-9-18)16(20)17-2/h4-5,10-12,19H,6-9H2,1-3H3,(H,17,20). The van der Waals surface area contributed by atoms with E-state index in [4.69, 9.17) is 4.74 Å². The zero-order valence-electron chi connectivity index (χ0n) is 12.9. The summed E-state index contributed by atoms with van der Waals surface area (Å²) >= 11 is 0. The monoisotopic (exact) mass is 292 g/mol. The van der Waals surface area contributed by atoms with Gasteiger partial charge >= 0.3 is 0 Å². The van der Waals surface area contributed by atoms with Crippen LogP contribution in [-0.4, -0.2) is 43.2 Å². The average Bonchev–Trinajstić information content (AvgIpc) is 2.54. The van der Waals surface area contributed by atoms with Crippen LogP contribution in [-0.2, 0) is 4.79 Å². The molecular formula is C16H24N2O3. The molecule has 0 aliphatic carbocycles. The van der Waals surface area contributed by atoms with Crippen molar-refractivity contribution in [2.24, 2.45) is 5.92 Å². The Bertz CT molecular complexity index is 496. The smallest absolute Gasteiger partial charge is 0.222 e. The molecule has 1 heterocycles. The molecule has 1 atom stereocenters. The lowest BCUT2D eigenvalue weighted by Gasteiger charge is -2.35. The highest BCUT2D eigenvalue weighted by Crippen LogP contribution is 2.32. The SMILES string of the molecule is CNC(=O)C1CCN(C(C)c2ccc(O)c(OC)c2)CC1. The second-order valence-corrected chi connectivity index (χ2v) is 5.53. The number of methoxy groups -OCH3 is 1. The largest absolute Gasteiger partial charge is 0.504 e. The number of amides is 1. The van der Waals surface area contributed by atoms with Crippen molar-refractivity contribution in [2.75, 3.05) is 27.2 Å². The summed E-state index contributed by atoms with van der Waals surface area (Å²) in [6.45, 7) is 3.96. The van der Waals surface area contributed by atoms with E-state index < -0.39 is 0 Å². The number of carbonyl (C=O) groups is 1. The molecule has 5 heteroatoms. The maximum Gasteiger partial charge on any atom is 0.222 e. The van der Waals surface area contributed by atoms with Gasteiger partial charge in [0.2, 0.25) is 5.91 Å². The maximum absolute atomic E-state index is 11.7. The van der Waals surface area contributed by atoms with E-state index in [-0.39, 0.29) is 23.6 Å². The quantitative estimate of drug-likeness (QED) is 0.890. The van der Waals surface area contributed by atoms with Crippen LogP contribution in [0.3, 0.4) is 0 Å². The maximum atomic E-state index is 11.7. The highest BCUT2D eigenvalue weighted by molar-refractivity contribution is 5.78. The summed E-state index contributed by atoms with van der Waals surface area (Å²) in [7, 11) is 3.25. The number of rotatable bonds is 4. The fourth-order valence-corrected chi connectivity index (χ4v) is 2.92. The first kappa shape index (κ1) is 15.6. The molecule has 1 amide bonds. The fourth-order valence-electron chi connectivity index (χ4n) is 2.92. The molecular weight excluding hydrogens is 268 g/mol. The number of benzene rings is 1. The summed E-state index contributed by atoms with van der Waals surface area (Å²) in [5.41, 5.74) is 1.11. The summed E-state index contributed by atoms with van der Waals surface area (Å²) < 4.78 is 5.16. The van der Waals surface area contributed by atoms with Crippen LogP contribution < -0.4 is 10.1 Å². The number of aromatic hydroxyl groups is 1. The van der Waals surface area contributed by atoms with Crippen molar-refractivity contribution in [1.82, 2.24) is 10.2 Å². The number of nitrogens with zero attached hydrogens (tertiary/aromatic N) is 1. The van der Waals surface area contributed by atoms with E-state index in [1.54, 1.807) is 20.2 Å². The van der Waals surface area contributed by atoms with Crippen LogP contribution in [0.2, 0.25) is 0 Å². The van der Waals surface area contributed by atoms with Gasteiger partial charge in [0.05, 0.1) is 7.11 Å². The average molecular weight is 292 g/mol. The number of piperidine rings is 1. The van der Waals surface area contributed by atoms with Crippen LogP contribution in [0.4, 0.5) is 0 Å². The molecule has 1 aliphatic heterocycles. The number of hydrogen-bond acceptors (Lipinski definition) is 4. The lowest BCUT2D eigenvalue weighted by Crippen LogP contribution is -2.40. The molecule has 0 saturated carbocycles. The Morgan fingerprint density at radius 1 is 1.43 bits per heavy atom. The van der Waals surface area contributed by atoms with E-state index in [0.29, 0.717) is 5.75 Å². The minimum atomic E-state index is 0.132. The van der Waals surface area contributed by atoms with Gasteiger partial charge in [-0.3, -0.25) is 9.69 Å². The number of nitrogens with one attached hydrogen (secondary N) is 1. The predicted molar refractivity (Wildman–Crippen MR) is 81.4 cm³/mol. The first-order chi connectivity index (χ1) is 10.1. The lowest BCUT2D eigenvalue weighted by atomic mass is 9.94. The van der Waals surface area contributed by atoms with Gasteiger partial charge in [-0.05, 0) is 50.6 Å². The molecule has 0 spiro atoms. The van der Waals surface area contributed by atoms with Crippen LogP contribution in [0.25, 0.3) is 0 Å². The molecule has 21 heavy (non-hydrogen) atoms. The van der Waals surface area contributed by atoms with Crippen molar-refractivity contribution in [3.05, 3.63) is 23.8 Å². The van der Waals surface area contributed by atoms with Crippen LogP contribution >= 0.6 is 0 Å². The Hall–Kier alpha value is -1.75. The third-order valence-electron chi connectivity index (χ3n) is 4.38. The summed E-state index contributed by atoms with van der Waals surface area (Å²) in [4.78, 5) is 14.0. The zero-order valence-corrected chi connectivity index (χ0v) is 12.9. The molecule has 0 radical (unpaired) electrons. The predicted octanol–water partition coefficient (Wildman–Crippen LogP) is 1.92. The minimum absolute atomic E-state index is 0.132. The highest BCUT2D eigenvalue weighted by Gasteiger charge is 2.27. The second kappa shape index (κ2) is 6.80. The van der Waals surface area contributed by atoms with Crippen LogP contribution in [0.15, 0.2) is 18.2 Å². The van der Waals surface area contributed by atoms with Gasteiger partial charge in [-0.15, -0.1) is 0 Å². The van der Waals surface area contributed by atoms with Crippen LogP contribution in [0.5, 0.6) is 11.5 Å². The molecule has 1 unspecified atom stereocenters. The van der Waals surface area contributed by atoms with Crippen molar-refractivity contribution in [3.63, 3.8) is 0 Å². The molecule has 1 saturated heterocycles. The Morgan fingerprint density at radius 3 is 2.67 bits per heavy atom. The summed E-state index contributed by atoms with van der Waals surface area (Å²) in [6.07, 6.45) is 1.78. The Balaban J connectivity index is 2.01. The van der Waals surface area contributed by atoms with E-state index in [1.165, 1.54) is 0 Å². The van der Waals surface area contributed by atoms with E-state index in [9.17, 15) is 9.90 Å². The molecule has 1 aromatic rings. The molecule has 1 fully saturated rings. The van der Waals surface area contributed by atoms with E-state index >= 15 is 0 Å². The fraction of sp³-hybridized carbons (Fsp3) is 0.562. The van der Waals surface area contributed by atoms with Gasteiger partial charge in [0.15, 0.2) is 11.5 Å². The number of carbonyl (C=O) groups excluding carboxylic acids is 1. The normalized spacial score (nSPS) is 18.2. The molecule has 5 nitrogen and oxygen atoms in total. The lowest BCUT2D eigenvalue weighted by molar-refractivity contribution is -0.126. The third kappa shape index (κ3) is 3.47. The number of hydrogen-bond donors (Lipinski definition) is 2. The first-order valence-electron chi connectivity index (χ1n) is 7.39. The number of ether oxygens (including phenoxy) is 1. The van der Waals surface area contributed by atoms with Gasteiger partial charge in [0.1, 0.15) is 0 Å². The van der Waals surface area contributed by atoms with Crippen molar-refractivity contribution in [2.45, 2.75) is 25.8 Å². The van der Waals surface area contributed by atoms with E-state index in [1.807, 2.05) is 12.1 Å². The van der Waals surface area contributed by atoms with Gasteiger partial charge in [0.25, 0.3) is 0 Å². The highest BCUT2D eigenvalue weighted by atomic mass is 16.5. The minimum Gasteiger partial charge on any atom is -0.504 e. The number of phenols is 1. The molecule has 0 aromatic heterocycles. The van der Waals surface area contributed by atoms with E-state index in [0.717, 1.165) is 31.5 Å². The first-order valence-corrected chi connectivity index (χ1v) is 7.39. The van der Waals surface area contributed by atoms with Crippen molar-refractivity contribution < 1.29 is 14.6 Å². The van der Waals surface area contributed by atoms with Crippen molar-refractivity contribution in [3.8, 4) is 11.5 Å².